The van der Waals surface area contributed by atoms with Gasteiger partial charge in [0.25, 0.3) is 0 Å². The smallest absolute Gasteiger partial charge is 0.125 e. The molecule has 0 spiro atoms. The second kappa shape index (κ2) is 8.83. The molecule has 0 aliphatic carbocycles. The van der Waals surface area contributed by atoms with Crippen molar-refractivity contribution in [1.82, 2.24) is 9.29 Å². The van der Waals surface area contributed by atoms with Gasteiger partial charge < -0.3 is 10.0 Å². The summed E-state index contributed by atoms with van der Waals surface area (Å²) in [5.74, 6) is 0. The molecule has 2 atom stereocenters. The van der Waals surface area contributed by atoms with E-state index in [2.05, 4.69) is 72.7 Å². The Hall–Kier alpha value is -1.95. The third-order valence-corrected chi connectivity index (χ3v) is 6.52. The van der Waals surface area contributed by atoms with E-state index in [0.717, 1.165) is 29.0 Å². The van der Waals surface area contributed by atoms with Gasteiger partial charge in [0.05, 0.1) is 4.90 Å². The number of rotatable bonds is 6. The number of aromatic nitrogens is 1. The predicted molar refractivity (Wildman–Crippen MR) is 115 cm³/mol. The molecular weight excluding hydrogens is 356 g/mol. The van der Waals surface area contributed by atoms with Crippen LogP contribution in [0.15, 0.2) is 47.5 Å². The molecule has 4 nitrogen and oxygen atoms in total. The summed E-state index contributed by atoms with van der Waals surface area (Å²) in [5.41, 5.74) is 5.90. The molecule has 0 aliphatic rings. The average Bonchev–Trinajstić information content (AvgIpc) is 2.89. The van der Waals surface area contributed by atoms with Gasteiger partial charge in [0.1, 0.15) is 11.0 Å². The van der Waals surface area contributed by atoms with Crippen LogP contribution in [-0.2, 0) is 17.5 Å². The minimum Gasteiger partial charge on any atom is -0.412 e. The van der Waals surface area contributed by atoms with E-state index >= 15 is 0 Å². The largest absolute Gasteiger partial charge is 0.412 e. The van der Waals surface area contributed by atoms with Gasteiger partial charge in [0.15, 0.2) is 0 Å². The number of aryl methyl sites for hydroxylation is 4. The topological polar surface area (TPSA) is 65.5 Å². The Balaban J connectivity index is 0.00000261. The van der Waals surface area contributed by atoms with E-state index < -0.39 is 11.0 Å². The van der Waals surface area contributed by atoms with E-state index in [1.807, 2.05) is 13.8 Å². The zero-order chi connectivity index (χ0) is 18.8. The molecule has 3 N–H and O–H groups in total. The van der Waals surface area contributed by atoms with Crippen LogP contribution in [0.4, 0.5) is 0 Å². The Morgan fingerprint density at radius 2 is 1.67 bits per heavy atom. The molecule has 1 heterocycles. The van der Waals surface area contributed by atoms with Crippen LogP contribution in [-0.4, -0.2) is 20.3 Å². The number of fused-ring (bicyclic) bond motifs is 1. The summed E-state index contributed by atoms with van der Waals surface area (Å²) in [6.45, 7) is 11.2. The van der Waals surface area contributed by atoms with Gasteiger partial charge in [-0.25, -0.2) is 8.93 Å². The molecule has 5 heteroatoms. The van der Waals surface area contributed by atoms with E-state index in [4.69, 9.17) is 0 Å². The van der Waals surface area contributed by atoms with Crippen molar-refractivity contribution >= 4 is 21.9 Å². The Labute approximate surface area is 164 Å². The number of hydrogen-bond acceptors (Lipinski definition) is 1. The minimum atomic E-state index is -1.21. The summed E-state index contributed by atoms with van der Waals surface area (Å²) in [4.78, 5) is 0.919. The first kappa shape index (κ1) is 21.4. The highest BCUT2D eigenvalue weighted by Crippen LogP contribution is 2.22. The maximum atomic E-state index is 13.0. The van der Waals surface area contributed by atoms with Crippen LogP contribution in [0.25, 0.3) is 10.9 Å². The number of hydrogen-bond donors (Lipinski definition) is 1. The number of para-hydroxylation sites is 1. The lowest BCUT2D eigenvalue weighted by molar-refractivity contribution is 0.511. The number of benzene rings is 2. The monoisotopic (exact) mass is 386 g/mol. The van der Waals surface area contributed by atoms with Gasteiger partial charge in [0.2, 0.25) is 0 Å². The Kier molecular flexibility index (Phi) is 6.98. The van der Waals surface area contributed by atoms with Gasteiger partial charge in [-0.3, -0.25) is 0 Å². The zero-order valence-electron chi connectivity index (χ0n) is 16.8. The van der Waals surface area contributed by atoms with E-state index in [1.165, 1.54) is 22.0 Å². The molecule has 27 heavy (non-hydrogen) atoms. The molecule has 3 rings (SSSR count). The average molecular weight is 387 g/mol. The van der Waals surface area contributed by atoms with Crippen LogP contribution in [0.2, 0.25) is 0 Å². The second-order valence-electron chi connectivity index (χ2n) is 7.20. The van der Waals surface area contributed by atoms with Crippen molar-refractivity contribution in [2.24, 2.45) is 0 Å². The fourth-order valence-electron chi connectivity index (χ4n) is 3.74. The van der Waals surface area contributed by atoms with E-state index in [0.29, 0.717) is 0 Å². The molecule has 2 aromatic carbocycles. The summed E-state index contributed by atoms with van der Waals surface area (Å²) >= 11 is 0. The molecule has 0 saturated carbocycles. The maximum absolute atomic E-state index is 13.0. The third-order valence-electron chi connectivity index (χ3n) is 4.96. The molecule has 3 aromatic rings. The lowest BCUT2D eigenvalue weighted by Crippen LogP contribution is -2.34. The van der Waals surface area contributed by atoms with E-state index in [9.17, 15) is 4.21 Å². The number of nitrogens with one attached hydrogen (secondary N) is 1. The molecular formula is C22H30N2O2S. The van der Waals surface area contributed by atoms with Gasteiger partial charge in [-0.05, 0) is 56.9 Å². The van der Waals surface area contributed by atoms with Crippen molar-refractivity contribution in [2.75, 3.05) is 0 Å². The quantitative estimate of drug-likeness (QED) is 0.680. The Morgan fingerprint density at radius 1 is 1.04 bits per heavy atom. The highest BCUT2D eigenvalue weighted by Gasteiger charge is 2.17. The predicted octanol–water partition coefficient (Wildman–Crippen LogP) is 4.14. The molecule has 0 saturated heterocycles. The van der Waals surface area contributed by atoms with Crippen LogP contribution < -0.4 is 4.72 Å². The molecule has 1 aromatic heterocycles. The standard InChI is InChI=1S/C22H28N2OS.H2O/c1-6-19(14-24-13-18(5)20-9-7-8-10-21(20)24)23-26(25)22-16(3)11-15(2)12-17(22)4;/h7-13,19,23H,6,14H2,1-5H3;1H2. The first-order valence-electron chi connectivity index (χ1n) is 9.21. The van der Waals surface area contributed by atoms with Crippen molar-refractivity contribution in [3.8, 4) is 0 Å². The summed E-state index contributed by atoms with van der Waals surface area (Å²) in [7, 11) is -1.21. The highest BCUT2D eigenvalue weighted by molar-refractivity contribution is 7.83. The van der Waals surface area contributed by atoms with Gasteiger partial charge >= 0.3 is 0 Å². The lowest BCUT2D eigenvalue weighted by atomic mass is 10.1. The van der Waals surface area contributed by atoms with Gasteiger partial charge in [-0.1, -0.05) is 42.8 Å². The summed E-state index contributed by atoms with van der Waals surface area (Å²) in [6.07, 6.45) is 3.11. The first-order chi connectivity index (χ1) is 12.4. The van der Waals surface area contributed by atoms with Crippen molar-refractivity contribution < 1.29 is 9.69 Å². The molecule has 0 bridgehead atoms. The van der Waals surface area contributed by atoms with E-state index in [1.54, 1.807) is 0 Å². The van der Waals surface area contributed by atoms with Gasteiger partial charge in [-0.2, -0.15) is 0 Å². The lowest BCUT2D eigenvalue weighted by Gasteiger charge is -2.20. The van der Waals surface area contributed by atoms with Gasteiger partial charge in [0, 0.05) is 29.7 Å². The van der Waals surface area contributed by atoms with Crippen LogP contribution in [0, 0.1) is 27.7 Å². The van der Waals surface area contributed by atoms with Gasteiger partial charge in [-0.15, -0.1) is 0 Å². The van der Waals surface area contributed by atoms with Crippen LogP contribution >= 0.6 is 0 Å². The summed E-state index contributed by atoms with van der Waals surface area (Å²) in [6, 6.07) is 12.8. The summed E-state index contributed by atoms with van der Waals surface area (Å²) in [5, 5.41) is 1.29. The molecule has 2 unspecified atom stereocenters. The first-order valence-corrected chi connectivity index (χ1v) is 10.4. The maximum Gasteiger partial charge on any atom is 0.125 e. The zero-order valence-corrected chi connectivity index (χ0v) is 17.6. The van der Waals surface area contributed by atoms with E-state index in [-0.39, 0.29) is 11.5 Å². The van der Waals surface area contributed by atoms with Crippen molar-refractivity contribution in [1.29, 1.82) is 0 Å². The SMILES string of the molecule is CCC(Cn1cc(C)c2ccccc21)NS(=O)c1c(C)cc(C)cc1C.O. The minimum absolute atomic E-state index is 0. The molecule has 0 aliphatic heterocycles. The molecule has 146 valence electrons. The second-order valence-corrected chi connectivity index (χ2v) is 8.38. The highest BCUT2D eigenvalue weighted by atomic mass is 32.2. The molecule has 0 fully saturated rings. The van der Waals surface area contributed by atoms with Crippen LogP contribution in [0.3, 0.4) is 0 Å². The molecule has 0 amide bonds. The Morgan fingerprint density at radius 3 is 2.30 bits per heavy atom. The van der Waals surface area contributed by atoms with Crippen molar-refractivity contribution in [3.63, 3.8) is 0 Å². The fourth-order valence-corrected chi connectivity index (χ4v) is 5.10. The van der Waals surface area contributed by atoms with Crippen molar-refractivity contribution in [2.45, 2.75) is 58.5 Å². The third kappa shape index (κ3) is 4.49. The Bertz CT molecular complexity index is 939. The normalized spacial score (nSPS) is 13.4. The van der Waals surface area contributed by atoms with Crippen molar-refractivity contribution in [3.05, 3.63) is 64.8 Å². The van der Waals surface area contributed by atoms with Crippen LogP contribution in [0.1, 0.15) is 35.6 Å². The summed E-state index contributed by atoms with van der Waals surface area (Å²) < 4.78 is 18.7. The van der Waals surface area contributed by atoms with Crippen LogP contribution in [0.5, 0.6) is 0 Å². The fraction of sp³-hybridized carbons (Fsp3) is 0.364. The molecule has 0 radical (unpaired) electrons. The number of nitrogens with zero attached hydrogens (tertiary/aromatic N) is 1.